The molecule has 0 aliphatic carbocycles. The van der Waals surface area contributed by atoms with E-state index in [9.17, 15) is 0 Å². The van der Waals surface area contributed by atoms with Crippen molar-refractivity contribution in [3.8, 4) is 0 Å². The summed E-state index contributed by atoms with van der Waals surface area (Å²) in [5, 5.41) is 8.09. The van der Waals surface area contributed by atoms with E-state index < -0.39 is 0 Å². The van der Waals surface area contributed by atoms with E-state index in [-0.39, 0.29) is 0 Å². The van der Waals surface area contributed by atoms with Crippen molar-refractivity contribution in [1.82, 2.24) is 10.2 Å². The van der Waals surface area contributed by atoms with Crippen molar-refractivity contribution < 1.29 is 4.74 Å². The van der Waals surface area contributed by atoms with Crippen LogP contribution >= 0.6 is 23.8 Å². The molecular formula is C20H31ClN4OS. The Bertz CT molecular complexity index is 602. The number of halogens is 1. The van der Waals surface area contributed by atoms with Crippen LogP contribution in [0.3, 0.4) is 0 Å². The van der Waals surface area contributed by atoms with Crippen molar-refractivity contribution in [3.63, 3.8) is 0 Å². The zero-order chi connectivity index (χ0) is 18.9. The zero-order valence-electron chi connectivity index (χ0n) is 16.0. The molecule has 2 saturated heterocycles. The molecule has 5 nitrogen and oxygen atoms in total. The first-order valence-corrected chi connectivity index (χ1v) is 10.9. The molecule has 2 aliphatic rings. The van der Waals surface area contributed by atoms with Crippen LogP contribution in [0.5, 0.6) is 0 Å². The van der Waals surface area contributed by atoms with Crippen molar-refractivity contribution in [2.75, 3.05) is 62.7 Å². The normalized spacial score (nSPS) is 18.8. The SMILES string of the molecule is S=C(NCCCN1CCOCC1)Nc1cc(Cl)ccc1N1CCCCCC1. The molecule has 1 aromatic carbocycles. The first-order valence-electron chi connectivity index (χ1n) is 10.1. The predicted molar refractivity (Wildman–Crippen MR) is 118 cm³/mol. The number of hydrogen-bond donors (Lipinski definition) is 2. The number of hydrogen-bond acceptors (Lipinski definition) is 4. The third-order valence-corrected chi connectivity index (χ3v) is 5.68. The molecule has 0 saturated carbocycles. The van der Waals surface area contributed by atoms with Gasteiger partial charge in [0.2, 0.25) is 0 Å². The lowest BCUT2D eigenvalue weighted by Gasteiger charge is -2.27. The van der Waals surface area contributed by atoms with E-state index in [1.54, 1.807) is 0 Å². The summed E-state index contributed by atoms with van der Waals surface area (Å²) in [5.41, 5.74) is 2.19. The third-order valence-electron chi connectivity index (χ3n) is 5.19. The van der Waals surface area contributed by atoms with Crippen LogP contribution < -0.4 is 15.5 Å². The molecule has 0 unspecified atom stereocenters. The minimum atomic E-state index is 0.662. The smallest absolute Gasteiger partial charge is 0.170 e. The average Bonchev–Trinajstić information content (AvgIpc) is 2.96. The first kappa shape index (κ1) is 20.6. The molecule has 1 aromatic rings. The fraction of sp³-hybridized carbons (Fsp3) is 0.650. The largest absolute Gasteiger partial charge is 0.379 e. The van der Waals surface area contributed by atoms with E-state index in [4.69, 9.17) is 28.6 Å². The molecule has 0 atom stereocenters. The Labute approximate surface area is 173 Å². The van der Waals surface area contributed by atoms with E-state index in [0.717, 1.165) is 69.6 Å². The molecule has 0 bridgehead atoms. The second-order valence-corrected chi connectivity index (χ2v) is 8.10. The van der Waals surface area contributed by atoms with Gasteiger partial charge in [-0.15, -0.1) is 0 Å². The van der Waals surface area contributed by atoms with Crippen molar-refractivity contribution in [3.05, 3.63) is 23.2 Å². The molecule has 2 fully saturated rings. The number of morpholine rings is 1. The summed E-state index contributed by atoms with van der Waals surface area (Å²) in [6.07, 6.45) is 6.18. The summed E-state index contributed by atoms with van der Waals surface area (Å²) in [6.45, 7) is 7.89. The lowest BCUT2D eigenvalue weighted by Crippen LogP contribution is -2.38. The van der Waals surface area contributed by atoms with Gasteiger partial charge in [0, 0.05) is 37.7 Å². The molecule has 2 heterocycles. The summed E-state index contributed by atoms with van der Waals surface area (Å²) in [5.74, 6) is 0. The summed E-state index contributed by atoms with van der Waals surface area (Å²) in [4.78, 5) is 4.89. The van der Waals surface area contributed by atoms with Crippen LogP contribution in [0.25, 0.3) is 0 Å². The summed E-state index contributed by atoms with van der Waals surface area (Å²) < 4.78 is 5.39. The highest BCUT2D eigenvalue weighted by molar-refractivity contribution is 7.80. The number of anilines is 2. The van der Waals surface area contributed by atoms with Crippen LogP contribution in [0.2, 0.25) is 5.02 Å². The van der Waals surface area contributed by atoms with Crippen molar-refractivity contribution in [2.24, 2.45) is 0 Å². The van der Waals surface area contributed by atoms with Crippen molar-refractivity contribution >= 4 is 40.3 Å². The highest BCUT2D eigenvalue weighted by Crippen LogP contribution is 2.31. The molecule has 0 aromatic heterocycles. The average molecular weight is 411 g/mol. The number of rotatable bonds is 6. The molecule has 0 radical (unpaired) electrons. The number of nitrogens with zero attached hydrogens (tertiary/aromatic N) is 2. The second-order valence-electron chi connectivity index (χ2n) is 7.25. The Morgan fingerprint density at radius 2 is 1.81 bits per heavy atom. The van der Waals surface area contributed by atoms with E-state index >= 15 is 0 Å². The number of thiocarbonyl (C=S) groups is 1. The Morgan fingerprint density at radius 3 is 2.56 bits per heavy atom. The molecule has 2 aliphatic heterocycles. The van der Waals surface area contributed by atoms with Crippen LogP contribution in [-0.2, 0) is 4.74 Å². The van der Waals surface area contributed by atoms with Crippen molar-refractivity contribution in [2.45, 2.75) is 32.1 Å². The van der Waals surface area contributed by atoms with Gasteiger partial charge in [0.1, 0.15) is 0 Å². The lowest BCUT2D eigenvalue weighted by atomic mass is 10.2. The number of ether oxygens (including phenoxy) is 1. The van der Waals surface area contributed by atoms with Gasteiger partial charge < -0.3 is 20.3 Å². The number of nitrogens with one attached hydrogen (secondary N) is 2. The van der Waals surface area contributed by atoms with E-state index in [0.29, 0.717) is 5.11 Å². The minimum absolute atomic E-state index is 0.662. The molecule has 27 heavy (non-hydrogen) atoms. The Balaban J connectivity index is 1.49. The summed E-state index contributed by atoms with van der Waals surface area (Å²) in [6, 6.07) is 6.05. The lowest BCUT2D eigenvalue weighted by molar-refractivity contribution is 0.0376. The maximum absolute atomic E-state index is 6.25. The van der Waals surface area contributed by atoms with Crippen LogP contribution in [-0.4, -0.2) is 62.5 Å². The highest BCUT2D eigenvalue weighted by atomic mass is 35.5. The maximum Gasteiger partial charge on any atom is 0.170 e. The zero-order valence-corrected chi connectivity index (χ0v) is 17.6. The predicted octanol–water partition coefficient (Wildman–Crippen LogP) is 3.73. The minimum Gasteiger partial charge on any atom is -0.379 e. The molecule has 150 valence electrons. The summed E-state index contributed by atoms with van der Waals surface area (Å²) in [7, 11) is 0. The molecule has 0 amide bonds. The highest BCUT2D eigenvalue weighted by Gasteiger charge is 2.15. The molecular weight excluding hydrogens is 380 g/mol. The van der Waals surface area contributed by atoms with Gasteiger partial charge in [0.05, 0.1) is 24.6 Å². The Kier molecular flexibility index (Phi) is 8.45. The van der Waals surface area contributed by atoms with E-state index in [1.165, 1.54) is 31.4 Å². The van der Waals surface area contributed by atoms with Gasteiger partial charge in [-0.05, 0) is 56.2 Å². The fourth-order valence-corrected chi connectivity index (χ4v) is 4.08. The third kappa shape index (κ3) is 6.79. The van der Waals surface area contributed by atoms with Gasteiger partial charge in [-0.1, -0.05) is 24.4 Å². The van der Waals surface area contributed by atoms with Gasteiger partial charge in [-0.25, -0.2) is 0 Å². The molecule has 3 rings (SSSR count). The van der Waals surface area contributed by atoms with Gasteiger partial charge in [0.15, 0.2) is 5.11 Å². The Morgan fingerprint density at radius 1 is 1.07 bits per heavy atom. The van der Waals surface area contributed by atoms with Crippen molar-refractivity contribution in [1.29, 1.82) is 0 Å². The molecule has 2 N–H and O–H groups in total. The molecule has 7 heteroatoms. The molecule has 0 spiro atoms. The Hall–Kier alpha value is -1.08. The second kappa shape index (κ2) is 11.1. The van der Waals surface area contributed by atoms with Gasteiger partial charge in [-0.2, -0.15) is 0 Å². The van der Waals surface area contributed by atoms with Gasteiger partial charge in [-0.3, -0.25) is 4.90 Å². The quantitative estimate of drug-likeness (QED) is 0.550. The fourth-order valence-electron chi connectivity index (χ4n) is 3.69. The van der Waals surface area contributed by atoms with Crippen LogP contribution in [0.4, 0.5) is 11.4 Å². The maximum atomic E-state index is 6.25. The van der Waals surface area contributed by atoms with Crippen LogP contribution in [0, 0.1) is 0 Å². The van der Waals surface area contributed by atoms with Crippen LogP contribution in [0.1, 0.15) is 32.1 Å². The van der Waals surface area contributed by atoms with Gasteiger partial charge in [0.25, 0.3) is 0 Å². The van der Waals surface area contributed by atoms with E-state index in [1.807, 2.05) is 12.1 Å². The number of benzene rings is 1. The standard InChI is InChI=1S/C20H31ClN4OS/c21-17-6-7-19(25-10-3-1-2-4-11-25)18(16-17)23-20(27)22-8-5-9-24-12-14-26-15-13-24/h6-7,16H,1-5,8-15H2,(H2,22,23,27). The summed E-state index contributed by atoms with van der Waals surface area (Å²) >= 11 is 11.8. The topological polar surface area (TPSA) is 39.8 Å². The van der Waals surface area contributed by atoms with Gasteiger partial charge >= 0.3 is 0 Å². The van der Waals surface area contributed by atoms with E-state index in [2.05, 4.69) is 26.5 Å². The first-order chi connectivity index (χ1) is 13.2. The van der Waals surface area contributed by atoms with Crippen LogP contribution in [0.15, 0.2) is 18.2 Å². The monoisotopic (exact) mass is 410 g/mol.